The van der Waals surface area contributed by atoms with Crippen LogP contribution >= 0.6 is 0 Å². The van der Waals surface area contributed by atoms with E-state index in [4.69, 9.17) is 0 Å². The van der Waals surface area contributed by atoms with Crippen molar-refractivity contribution in [1.29, 1.82) is 0 Å². The lowest BCUT2D eigenvalue weighted by Gasteiger charge is -2.29. The molecule has 0 aromatic heterocycles. The van der Waals surface area contributed by atoms with Crippen molar-refractivity contribution in [2.45, 2.75) is 38.3 Å². The number of rotatable bonds is 6. The number of hydrogen-bond acceptors (Lipinski definition) is 2. The molecule has 0 heterocycles. The van der Waals surface area contributed by atoms with Crippen molar-refractivity contribution in [1.82, 2.24) is 5.32 Å². The van der Waals surface area contributed by atoms with Gasteiger partial charge in [-0.1, -0.05) is 43.2 Å². The van der Waals surface area contributed by atoms with Gasteiger partial charge in [-0.3, -0.25) is 0 Å². The Balaban J connectivity index is 1.86. The number of nitrogens with one attached hydrogen (secondary N) is 1. The molecule has 1 unspecified atom stereocenters. The Bertz CT molecular complexity index is 321. The third kappa shape index (κ3) is 3.32. The van der Waals surface area contributed by atoms with Crippen LogP contribution in [0.5, 0.6) is 0 Å². The molecule has 1 fully saturated rings. The third-order valence-corrected chi connectivity index (χ3v) is 3.35. The summed E-state index contributed by atoms with van der Waals surface area (Å²) < 4.78 is 0. The predicted octanol–water partition coefficient (Wildman–Crippen LogP) is 2.33. The molecule has 0 amide bonds. The molecule has 0 saturated heterocycles. The van der Waals surface area contributed by atoms with Gasteiger partial charge in [0.05, 0.1) is 6.61 Å². The lowest BCUT2D eigenvalue weighted by Crippen LogP contribution is -2.45. The summed E-state index contributed by atoms with van der Waals surface area (Å²) in [4.78, 5) is 0. The van der Waals surface area contributed by atoms with Crippen LogP contribution in [0.3, 0.4) is 0 Å². The molecule has 16 heavy (non-hydrogen) atoms. The van der Waals surface area contributed by atoms with Gasteiger partial charge in [0.1, 0.15) is 0 Å². The van der Waals surface area contributed by atoms with Gasteiger partial charge in [0.2, 0.25) is 0 Å². The molecule has 1 aliphatic carbocycles. The first-order chi connectivity index (χ1) is 7.72. The molecular formula is C14H21NO. The van der Waals surface area contributed by atoms with E-state index in [-0.39, 0.29) is 12.1 Å². The van der Waals surface area contributed by atoms with E-state index >= 15 is 0 Å². The molecule has 1 aromatic carbocycles. The maximum atomic E-state index is 9.48. The van der Waals surface area contributed by atoms with Crippen LogP contribution in [-0.2, 0) is 6.54 Å². The molecule has 2 nitrogen and oxygen atoms in total. The van der Waals surface area contributed by atoms with Crippen LogP contribution in [0.1, 0.15) is 31.7 Å². The second kappa shape index (κ2) is 4.98. The quantitative estimate of drug-likeness (QED) is 0.769. The maximum absolute atomic E-state index is 9.48. The second-order valence-electron chi connectivity index (χ2n) is 5.21. The highest BCUT2D eigenvalue weighted by atomic mass is 16.3. The minimum Gasteiger partial charge on any atom is -0.394 e. The summed E-state index contributed by atoms with van der Waals surface area (Å²) in [5, 5.41) is 13.0. The topological polar surface area (TPSA) is 32.3 Å². The average Bonchev–Trinajstić information content (AvgIpc) is 3.12. The number of hydrogen-bond donors (Lipinski definition) is 2. The molecule has 2 heteroatoms. The van der Waals surface area contributed by atoms with Gasteiger partial charge >= 0.3 is 0 Å². The van der Waals surface area contributed by atoms with Crippen molar-refractivity contribution >= 4 is 0 Å². The van der Waals surface area contributed by atoms with Gasteiger partial charge < -0.3 is 10.4 Å². The van der Waals surface area contributed by atoms with Crippen molar-refractivity contribution in [2.24, 2.45) is 5.92 Å². The number of aliphatic hydroxyl groups is 1. The van der Waals surface area contributed by atoms with Crippen molar-refractivity contribution in [3.8, 4) is 0 Å². The Morgan fingerprint density at radius 1 is 1.31 bits per heavy atom. The van der Waals surface area contributed by atoms with E-state index in [1.807, 2.05) is 18.2 Å². The zero-order chi connectivity index (χ0) is 11.4. The van der Waals surface area contributed by atoms with Crippen LogP contribution < -0.4 is 5.32 Å². The molecule has 0 bridgehead atoms. The molecule has 88 valence electrons. The molecule has 0 radical (unpaired) electrons. The maximum Gasteiger partial charge on any atom is 0.0610 e. The van der Waals surface area contributed by atoms with Crippen LogP contribution in [-0.4, -0.2) is 17.3 Å². The smallest absolute Gasteiger partial charge is 0.0610 e. The number of aliphatic hydroxyl groups excluding tert-OH is 1. The van der Waals surface area contributed by atoms with Crippen molar-refractivity contribution in [2.75, 3.05) is 6.61 Å². The largest absolute Gasteiger partial charge is 0.394 e. The van der Waals surface area contributed by atoms with Crippen LogP contribution in [0, 0.1) is 5.92 Å². The normalized spacial score (nSPS) is 19.4. The summed E-state index contributed by atoms with van der Waals surface area (Å²) in [5.74, 6) is 0.834. The highest BCUT2D eigenvalue weighted by molar-refractivity contribution is 5.14. The fourth-order valence-corrected chi connectivity index (χ4v) is 2.06. The summed E-state index contributed by atoms with van der Waals surface area (Å²) >= 11 is 0. The molecular weight excluding hydrogens is 198 g/mol. The molecule has 1 atom stereocenters. The molecule has 0 aliphatic heterocycles. The Morgan fingerprint density at radius 3 is 2.56 bits per heavy atom. The SMILES string of the molecule is CC(CO)(CC1CC1)NCc1ccccc1. The van der Waals surface area contributed by atoms with Gasteiger partial charge in [-0.25, -0.2) is 0 Å². The summed E-state index contributed by atoms with van der Waals surface area (Å²) in [7, 11) is 0. The van der Waals surface area contributed by atoms with Crippen molar-refractivity contribution in [3.63, 3.8) is 0 Å². The zero-order valence-corrected chi connectivity index (χ0v) is 9.95. The predicted molar refractivity (Wildman–Crippen MR) is 66.1 cm³/mol. The molecule has 0 spiro atoms. The number of benzene rings is 1. The first kappa shape index (κ1) is 11.6. The van der Waals surface area contributed by atoms with E-state index in [1.165, 1.54) is 18.4 Å². The fourth-order valence-electron chi connectivity index (χ4n) is 2.06. The van der Waals surface area contributed by atoms with Gasteiger partial charge in [-0.05, 0) is 24.8 Å². The fraction of sp³-hybridized carbons (Fsp3) is 0.571. The zero-order valence-electron chi connectivity index (χ0n) is 9.95. The van der Waals surface area contributed by atoms with E-state index < -0.39 is 0 Å². The summed E-state index contributed by atoms with van der Waals surface area (Å²) in [5.41, 5.74) is 1.16. The Labute approximate surface area is 97.7 Å². The second-order valence-corrected chi connectivity index (χ2v) is 5.21. The van der Waals surface area contributed by atoms with Crippen molar-refractivity contribution in [3.05, 3.63) is 35.9 Å². The van der Waals surface area contributed by atoms with E-state index in [1.54, 1.807) is 0 Å². The Morgan fingerprint density at radius 2 is 2.00 bits per heavy atom. The van der Waals surface area contributed by atoms with E-state index in [0.29, 0.717) is 0 Å². The van der Waals surface area contributed by atoms with E-state index in [0.717, 1.165) is 18.9 Å². The summed E-state index contributed by atoms with van der Waals surface area (Å²) in [6.07, 6.45) is 3.77. The molecule has 2 rings (SSSR count). The standard InChI is InChI=1S/C14H21NO/c1-14(11-16,9-12-7-8-12)15-10-13-5-3-2-4-6-13/h2-6,12,15-16H,7-11H2,1H3. The average molecular weight is 219 g/mol. The third-order valence-electron chi connectivity index (χ3n) is 3.35. The van der Waals surface area contributed by atoms with Gasteiger partial charge in [0, 0.05) is 12.1 Å². The van der Waals surface area contributed by atoms with Crippen molar-refractivity contribution < 1.29 is 5.11 Å². The van der Waals surface area contributed by atoms with Crippen LogP contribution in [0.25, 0.3) is 0 Å². The minimum absolute atomic E-state index is 0.114. The van der Waals surface area contributed by atoms with Crippen LogP contribution in [0.4, 0.5) is 0 Å². The Kier molecular flexibility index (Phi) is 3.62. The lowest BCUT2D eigenvalue weighted by atomic mass is 9.95. The van der Waals surface area contributed by atoms with E-state index in [9.17, 15) is 5.11 Å². The van der Waals surface area contributed by atoms with Gasteiger partial charge in [-0.2, -0.15) is 0 Å². The molecule has 1 aromatic rings. The van der Waals surface area contributed by atoms with Crippen LogP contribution in [0.15, 0.2) is 30.3 Å². The van der Waals surface area contributed by atoms with Crippen LogP contribution in [0.2, 0.25) is 0 Å². The Hall–Kier alpha value is -0.860. The summed E-state index contributed by atoms with van der Waals surface area (Å²) in [6.45, 7) is 3.18. The first-order valence-corrected chi connectivity index (χ1v) is 6.12. The molecule has 1 saturated carbocycles. The van der Waals surface area contributed by atoms with Gasteiger partial charge in [0.15, 0.2) is 0 Å². The first-order valence-electron chi connectivity index (χ1n) is 6.12. The van der Waals surface area contributed by atoms with Gasteiger partial charge in [-0.15, -0.1) is 0 Å². The monoisotopic (exact) mass is 219 g/mol. The lowest BCUT2D eigenvalue weighted by molar-refractivity contribution is 0.158. The molecule has 2 N–H and O–H groups in total. The van der Waals surface area contributed by atoms with Gasteiger partial charge in [0.25, 0.3) is 0 Å². The highest BCUT2D eigenvalue weighted by Gasteiger charge is 2.32. The van der Waals surface area contributed by atoms with E-state index in [2.05, 4.69) is 24.4 Å². The molecule has 1 aliphatic rings. The highest BCUT2D eigenvalue weighted by Crippen LogP contribution is 2.36. The minimum atomic E-state index is -0.114. The summed E-state index contributed by atoms with van der Waals surface area (Å²) in [6, 6.07) is 10.4.